The fraction of sp³-hybridized carbons (Fsp3) is 0.600. The first-order valence-electron chi connectivity index (χ1n) is 8.96. The molecule has 3 rings (SSSR count). The number of hydrogen-bond acceptors (Lipinski definition) is 6. The van der Waals surface area contributed by atoms with Gasteiger partial charge in [-0.2, -0.15) is 0 Å². The molecule has 1 N–H and O–H groups in total. The van der Waals surface area contributed by atoms with Crippen LogP contribution < -0.4 is 0 Å². The summed E-state index contributed by atoms with van der Waals surface area (Å²) in [6.45, 7) is 11.0. The number of epoxide rings is 1. The summed E-state index contributed by atoms with van der Waals surface area (Å²) in [5.74, 6) is -1.72. The van der Waals surface area contributed by atoms with Crippen LogP contribution in [0.5, 0.6) is 0 Å². The quantitative estimate of drug-likeness (QED) is 0.351. The maximum Gasteiger partial charge on any atom is 0.341 e. The minimum absolute atomic E-state index is 0.208. The lowest BCUT2D eigenvalue weighted by molar-refractivity contribution is -0.163. The topological polar surface area (TPSA) is 85.4 Å². The predicted molar refractivity (Wildman–Crippen MR) is 94.1 cm³/mol. The first-order chi connectivity index (χ1) is 12.1. The summed E-state index contributed by atoms with van der Waals surface area (Å²) in [4.78, 5) is 24.7. The van der Waals surface area contributed by atoms with Gasteiger partial charge in [0.05, 0.1) is 12.0 Å². The van der Waals surface area contributed by atoms with Crippen molar-refractivity contribution in [2.24, 2.45) is 5.92 Å². The smallest absolute Gasteiger partial charge is 0.341 e. The highest BCUT2D eigenvalue weighted by molar-refractivity contribution is 5.91. The number of aliphatic hydroxyl groups is 1. The molecule has 0 amide bonds. The lowest BCUT2D eigenvalue weighted by atomic mass is 9.84. The summed E-state index contributed by atoms with van der Waals surface area (Å²) in [6, 6.07) is 0. The molecule has 0 radical (unpaired) electrons. The Morgan fingerprint density at radius 1 is 1.42 bits per heavy atom. The third kappa shape index (κ3) is 3.23. The maximum absolute atomic E-state index is 12.6. The number of carbonyl (C=O) groups is 2. The van der Waals surface area contributed by atoms with Crippen molar-refractivity contribution in [1.29, 1.82) is 0 Å². The molecule has 6 heteroatoms. The SMILES string of the molecule is C=C1C(=O)O[C@H]2/C=C(\C)CC/C=C(\C)[C@@H](O)[C@H](OC(=O)[C@@]3(C)O[C@H]3C)[C@@H]12. The molecule has 0 aromatic heterocycles. The summed E-state index contributed by atoms with van der Waals surface area (Å²) in [7, 11) is 0. The number of fused-ring (bicyclic) bond motifs is 1. The molecule has 2 heterocycles. The summed E-state index contributed by atoms with van der Waals surface area (Å²) in [5, 5.41) is 10.9. The molecular formula is C20H26O6. The first kappa shape index (κ1) is 18.9. The number of rotatable bonds is 2. The van der Waals surface area contributed by atoms with Crippen LogP contribution in [0.1, 0.15) is 40.5 Å². The van der Waals surface area contributed by atoms with Crippen LogP contribution in [-0.4, -0.2) is 47.1 Å². The number of ether oxygens (including phenoxy) is 3. The van der Waals surface area contributed by atoms with Gasteiger partial charge in [-0.05, 0) is 52.2 Å². The predicted octanol–water partition coefficient (Wildman–Crippen LogP) is 2.22. The average molecular weight is 362 g/mol. The molecule has 0 unspecified atom stereocenters. The average Bonchev–Trinajstić information content (AvgIpc) is 3.10. The molecule has 0 bridgehead atoms. The molecule has 0 aromatic carbocycles. The van der Waals surface area contributed by atoms with Crippen LogP contribution in [0.4, 0.5) is 0 Å². The highest BCUT2D eigenvalue weighted by Gasteiger charge is 2.59. The lowest BCUT2D eigenvalue weighted by Gasteiger charge is -2.31. The van der Waals surface area contributed by atoms with E-state index in [0.29, 0.717) is 5.57 Å². The van der Waals surface area contributed by atoms with Gasteiger partial charge in [0.25, 0.3) is 0 Å². The Kier molecular flexibility index (Phi) is 4.84. The van der Waals surface area contributed by atoms with E-state index in [4.69, 9.17) is 14.2 Å². The van der Waals surface area contributed by atoms with E-state index >= 15 is 0 Å². The molecule has 3 aliphatic rings. The van der Waals surface area contributed by atoms with Crippen LogP contribution in [0.25, 0.3) is 0 Å². The lowest BCUT2D eigenvalue weighted by Crippen LogP contribution is -2.44. The van der Waals surface area contributed by atoms with E-state index in [1.807, 2.05) is 19.1 Å². The van der Waals surface area contributed by atoms with Crippen molar-refractivity contribution in [3.63, 3.8) is 0 Å². The van der Waals surface area contributed by atoms with Crippen LogP contribution in [-0.2, 0) is 23.8 Å². The van der Waals surface area contributed by atoms with E-state index in [0.717, 1.165) is 18.4 Å². The summed E-state index contributed by atoms with van der Waals surface area (Å²) >= 11 is 0. The molecular weight excluding hydrogens is 336 g/mol. The Labute approximate surface area is 153 Å². The minimum Gasteiger partial charge on any atom is -0.456 e. The van der Waals surface area contributed by atoms with Gasteiger partial charge in [-0.15, -0.1) is 0 Å². The van der Waals surface area contributed by atoms with Crippen molar-refractivity contribution in [3.8, 4) is 0 Å². The van der Waals surface area contributed by atoms with Crippen LogP contribution in [0.3, 0.4) is 0 Å². The van der Waals surface area contributed by atoms with E-state index in [1.54, 1.807) is 20.8 Å². The standard InChI is InChI=1S/C20H26O6/c1-10-7-6-8-11(2)16(21)17(25-19(23)20(5)13(4)26-20)15-12(3)18(22)24-14(15)9-10/h8-9,13-17,21H,3,6-7H2,1-2,4-5H3/b10-9+,11-8+/t13-,14-,15-,16+,17+,20-/m0/s1. The van der Waals surface area contributed by atoms with Crippen LogP contribution >= 0.6 is 0 Å². The van der Waals surface area contributed by atoms with Gasteiger partial charge < -0.3 is 19.3 Å². The molecule has 6 nitrogen and oxygen atoms in total. The summed E-state index contributed by atoms with van der Waals surface area (Å²) in [5.41, 5.74) is 0.954. The Hall–Kier alpha value is -1.92. The molecule has 2 saturated heterocycles. The van der Waals surface area contributed by atoms with Gasteiger partial charge in [0.15, 0.2) is 5.60 Å². The van der Waals surface area contributed by atoms with Gasteiger partial charge in [-0.3, -0.25) is 0 Å². The van der Waals surface area contributed by atoms with E-state index in [2.05, 4.69) is 6.58 Å². The number of esters is 2. The normalized spacial score (nSPS) is 44.1. The van der Waals surface area contributed by atoms with Gasteiger partial charge in [0.1, 0.15) is 18.3 Å². The van der Waals surface area contributed by atoms with Gasteiger partial charge >= 0.3 is 11.9 Å². The second kappa shape index (κ2) is 6.67. The van der Waals surface area contributed by atoms with E-state index in [9.17, 15) is 14.7 Å². The number of allylic oxidation sites excluding steroid dienone is 2. The van der Waals surface area contributed by atoms with Crippen molar-refractivity contribution in [2.75, 3.05) is 0 Å². The number of carbonyl (C=O) groups excluding carboxylic acids is 2. The van der Waals surface area contributed by atoms with Crippen molar-refractivity contribution >= 4 is 11.9 Å². The Morgan fingerprint density at radius 2 is 2.08 bits per heavy atom. The zero-order valence-electron chi connectivity index (χ0n) is 15.7. The highest BCUT2D eigenvalue weighted by Crippen LogP contribution is 2.40. The van der Waals surface area contributed by atoms with Gasteiger partial charge in [0, 0.05) is 5.57 Å². The second-order valence-electron chi connectivity index (χ2n) is 7.60. The van der Waals surface area contributed by atoms with Crippen molar-refractivity contribution in [1.82, 2.24) is 0 Å². The first-order valence-corrected chi connectivity index (χ1v) is 8.96. The minimum atomic E-state index is -1.05. The van der Waals surface area contributed by atoms with E-state index in [1.165, 1.54) is 0 Å². The Balaban J connectivity index is 1.97. The molecule has 0 spiro atoms. The fourth-order valence-corrected chi connectivity index (χ4v) is 3.52. The zero-order valence-corrected chi connectivity index (χ0v) is 15.7. The number of aliphatic hydroxyl groups excluding tert-OH is 1. The molecule has 26 heavy (non-hydrogen) atoms. The third-order valence-corrected chi connectivity index (χ3v) is 5.64. The molecule has 6 atom stereocenters. The molecule has 2 aliphatic heterocycles. The van der Waals surface area contributed by atoms with Gasteiger partial charge in [0.2, 0.25) is 0 Å². The highest BCUT2D eigenvalue weighted by atomic mass is 16.7. The maximum atomic E-state index is 12.6. The molecule has 0 saturated carbocycles. The Bertz CT molecular complexity index is 705. The number of hydrogen-bond donors (Lipinski definition) is 1. The second-order valence-corrected chi connectivity index (χ2v) is 7.60. The summed E-state index contributed by atoms with van der Waals surface area (Å²) < 4.78 is 16.5. The fourth-order valence-electron chi connectivity index (χ4n) is 3.52. The summed E-state index contributed by atoms with van der Waals surface area (Å²) in [6.07, 6.45) is 2.45. The van der Waals surface area contributed by atoms with Crippen molar-refractivity contribution < 1.29 is 28.9 Å². The van der Waals surface area contributed by atoms with Crippen molar-refractivity contribution in [2.45, 2.75) is 70.6 Å². The molecule has 142 valence electrons. The van der Waals surface area contributed by atoms with Gasteiger partial charge in [-0.25, -0.2) is 9.59 Å². The monoisotopic (exact) mass is 362 g/mol. The van der Waals surface area contributed by atoms with Crippen LogP contribution in [0.15, 0.2) is 35.5 Å². The van der Waals surface area contributed by atoms with Crippen LogP contribution in [0, 0.1) is 5.92 Å². The zero-order chi connectivity index (χ0) is 19.2. The largest absolute Gasteiger partial charge is 0.456 e. The van der Waals surface area contributed by atoms with E-state index in [-0.39, 0.29) is 11.7 Å². The molecule has 0 aromatic rings. The van der Waals surface area contributed by atoms with Crippen LogP contribution in [0.2, 0.25) is 0 Å². The van der Waals surface area contributed by atoms with E-state index < -0.39 is 41.8 Å². The van der Waals surface area contributed by atoms with Crippen molar-refractivity contribution in [3.05, 3.63) is 35.5 Å². The Morgan fingerprint density at radius 3 is 2.69 bits per heavy atom. The van der Waals surface area contributed by atoms with Gasteiger partial charge in [-0.1, -0.05) is 18.2 Å². The molecule has 2 fully saturated rings. The molecule has 1 aliphatic carbocycles. The third-order valence-electron chi connectivity index (χ3n) is 5.64.